The first kappa shape index (κ1) is 12.3. The summed E-state index contributed by atoms with van der Waals surface area (Å²) in [5.41, 5.74) is 0.788. The topological polar surface area (TPSA) is 45.1 Å². The number of rotatable bonds is 3. The van der Waals surface area contributed by atoms with E-state index in [1.54, 1.807) is 13.0 Å². The predicted octanol–water partition coefficient (Wildman–Crippen LogP) is 2.99. The summed E-state index contributed by atoms with van der Waals surface area (Å²) in [6.07, 6.45) is 1.28. The average Bonchev–Trinajstić information content (AvgIpc) is 2.36. The molecule has 5 heteroatoms. The maximum Gasteiger partial charge on any atom is 0.152 e. The zero-order valence-electron chi connectivity index (χ0n) is 9.74. The number of nitrogens with one attached hydrogen (secondary N) is 1. The Kier molecular flexibility index (Phi) is 3.41. The first-order valence-electron chi connectivity index (χ1n) is 5.40. The Labute approximate surface area is 103 Å². The molecule has 1 heterocycles. The smallest absolute Gasteiger partial charge is 0.152 e. The van der Waals surface area contributed by atoms with Crippen LogP contribution in [0.4, 0.5) is 14.5 Å². The van der Waals surface area contributed by atoms with Crippen LogP contribution in [0.2, 0.25) is 0 Å². The van der Waals surface area contributed by atoms with Gasteiger partial charge in [0.2, 0.25) is 0 Å². The van der Waals surface area contributed by atoms with Crippen molar-refractivity contribution < 1.29 is 13.9 Å². The second-order valence-electron chi connectivity index (χ2n) is 3.91. The van der Waals surface area contributed by atoms with Gasteiger partial charge in [0.05, 0.1) is 18.4 Å². The van der Waals surface area contributed by atoms with Crippen molar-refractivity contribution in [1.82, 2.24) is 4.98 Å². The van der Waals surface area contributed by atoms with E-state index >= 15 is 0 Å². The summed E-state index contributed by atoms with van der Waals surface area (Å²) in [6.45, 7) is 1.75. The minimum absolute atomic E-state index is 0.0478. The van der Waals surface area contributed by atoms with Gasteiger partial charge in [-0.1, -0.05) is 6.07 Å². The fourth-order valence-electron chi connectivity index (χ4n) is 1.52. The van der Waals surface area contributed by atoms with E-state index in [1.165, 1.54) is 24.4 Å². The minimum Gasteiger partial charge on any atom is -0.506 e. The number of anilines is 1. The Hall–Kier alpha value is -2.17. The molecule has 3 nitrogen and oxygen atoms in total. The third kappa shape index (κ3) is 2.56. The van der Waals surface area contributed by atoms with Crippen molar-refractivity contribution in [2.75, 3.05) is 5.32 Å². The highest BCUT2D eigenvalue weighted by atomic mass is 19.1. The molecule has 94 valence electrons. The van der Waals surface area contributed by atoms with Crippen LogP contribution in [0.5, 0.6) is 5.75 Å². The van der Waals surface area contributed by atoms with Crippen LogP contribution < -0.4 is 5.32 Å². The van der Waals surface area contributed by atoms with E-state index in [4.69, 9.17) is 5.11 Å². The van der Waals surface area contributed by atoms with Crippen LogP contribution in [0.3, 0.4) is 0 Å². The first-order valence-corrected chi connectivity index (χ1v) is 5.40. The van der Waals surface area contributed by atoms with Gasteiger partial charge < -0.3 is 10.4 Å². The van der Waals surface area contributed by atoms with Crippen molar-refractivity contribution in [3.05, 3.63) is 53.4 Å². The zero-order chi connectivity index (χ0) is 13.1. The van der Waals surface area contributed by atoms with E-state index in [1.807, 2.05) is 0 Å². The van der Waals surface area contributed by atoms with Crippen LogP contribution in [-0.4, -0.2) is 10.1 Å². The van der Waals surface area contributed by atoms with Crippen molar-refractivity contribution >= 4 is 5.69 Å². The van der Waals surface area contributed by atoms with E-state index in [9.17, 15) is 8.78 Å². The van der Waals surface area contributed by atoms with Crippen LogP contribution in [0.15, 0.2) is 30.5 Å². The van der Waals surface area contributed by atoms with Gasteiger partial charge in [0, 0.05) is 0 Å². The summed E-state index contributed by atoms with van der Waals surface area (Å²) in [5.74, 6) is -1.20. The van der Waals surface area contributed by atoms with Crippen molar-refractivity contribution in [3.8, 4) is 5.75 Å². The Morgan fingerprint density at radius 1 is 1.22 bits per heavy atom. The second-order valence-corrected chi connectivity index (χ2v) is 3.91. The molecular weight excluding hydrogens is 238 g/mol. The lowest BCUT2D eigenvalue weighted by atomic mass is 10.2. The van der Waals surface area contributed by atoms with Gasteiger partial charge in [-0.3, -0.25) is 4.98 Å². The van der Waals surface area contributed by atoms with Crippen molar-refractivity contribution in [2.45, 2.75) is 13.5 Å². The molecule has 0 saturated carbocycles. The Morgan fingerprint density at radius 2 is 2.00 bits per heavy atom. The van der Waals surface area contributed by atoms with Gasteiger partial charge in [-0.25, -0.2) is 8.78 Å². The highest BCUT2D eigenvalue weighted by Gasteiger charge is 2.10. The third-order valence-electron chi connectivity index (χ3n) is 2.54. The van der Waals surface area contributed by atoms with E-state index in [2.05, 4.69) is 10.3 Å². The van der Waals surface area contributed by atoms with Crippen molar-refractivity contribution in [3.63, 3.8) is 0 Å². The second kappa shape index (κ2) is 5.00. The van der Waals surface area contributed by atoms with Gasteiger partial charge in [0.25, 0.3) is 0 Å². The van der Waals surface area contributed by atoms with Gasteiger partial charge in [0.15, 0.2) is 5.82 Å². The number of aromatic nitrogens is 1. The summed E-state index contributed by atoms with van der Waals surface area (Å²) < 4.78 is 27.1. The largest absolute Gasteiger partial charge is 0.506 e. The molecule has 1 aromatic carbocycles. The molecule has 0 bridgehead atoms. The summed E-state index contributed by atoms with van der Waals surface area (Å²) in [7, 11) is 0. The molecule has 2 rings (SSSR count). The fraction of sp³-hybridized carbons (Fsp3) is 0.154. The molecule has 2 N–H and O–H groups in total. The average molecular weight is 250 g/mol. The fourth-order valence-corrected chi connectivity index (χ4v) is 1.52. The molecule has 0 amide bonds. The molecule has 1 aromatic heterocycles. The first-order chi connectivity index (χ1) is 8.58. The Morgan fingerprint density at radius 3 is 2.67 bits per heavy atom. The molecular formula is C13H12F2N2O. The number of hydrogen-bond acceptors (Lipinski definition) is 3. The number of aryl methyl sites for hydroxylation is 1. The summed E-state index contributed by atoms with van der Waals surface area (Å²) in [6, 6.07) is 5.64. The lowest BCUT2D eigenvalue weighted by Gasteiger charge is -2.09. The maximum atomic E-state index is 13.7. The maximum absolute atomic E-state index is 13.7. The lowest BCUT2D eigenvalue weighted by molar-refractivity contribution is 0.472. The van der Waals surface area contributed by atoms with Crippen molar-refractivity contribution in [2.24, 2.45) is 0 Å². The van der Waals surface area contributed by atoms with E-state index in [0.29, 0.717) is 11.3 Å². The monoisotopic (exact) mass is 250 g/mol. The van der Waals surface area contributed by atoms with Crippen LogP contribution in [-0.2, 0) is 6.54 Å². The molecule has 0 fully saturated rings. The number of nitrogens with zero attached hydrogens (tertiary/aromatic N) is 1. The molecule has 0 atom stereocenters. The number of aromatic hydroxyl groups is 1. The molecule has 18 heavy (non-hydrogen) atoms. The molecule has 0 aliphatic heterocycles. The van der Waals surface area contributed by atoms with E-state index < -0.39 is 11.6 Å². The van der Waals surface area contributed by atoms with Crippen LogP contribution in [0, 0.1) is 18.6 Å². The van der Waals surface area contributed by atoms with Crippen LogP contribution in [0.1, 0.15) is 11.3 Å². The summed E-state index contributed by atoms with van der Waals surface area (Å²) in [4.78, 5) is 3.92. The van der Waals surface area contributed by atoms with E-state index in [0.717, 1.165) is 0 Å². The molecule has 0 aliphatic carbocycles. The predicted molar refractivity (Wildman–Crippen MR) is 64.3 cm³/mol. The molecule has 2 aromatic rings. The lowest BCUT2D eigenvalue weighted by Crippen LogP contribution is -2.06. The van der Waals surface area contributed by atoms with Gasteiger partial charge >= 0.3 is 0 Å². The van der Waals surface area contributed by atoms with Gasteiger partial charge in [-0.2, -0.15) is 0 Å². The van der Waals surface area contributed by atoms with Gasteiger partial charge in [-0.15, -0.1) is 0 Å². The summed E-state index contributed by atoms with van der Waals surface area (Å²) >= 11 is 0. The Bertz CT molecular complexity index is 556. The standard InChI is InChI=1S/C13H12F2N2O/c1-8-2-5-11(14)13(12(8)15)17-6-9-3-4-10(18)7-16-9/h2-5,7,17-18H,6H2,1H3. The highest BCUT2D eigenvalue weighted by molar-refractivity contribution is 5.49. The van der Waals surface area contributed by atoms with Gasteiger partial charge in [-0.05, 0) is 30.7 Å². The molecule has 0 saturated heterocycles. The molecule has 0 radical (unpaired) electrons. The summed E-state index contributed by atoms with van der Waals surface area (Å²) in [5, 5.41) is 11.7. The quantitative estimate of drug-likeness (QED) is 0.880. The van der Waals surface area contributed by atoms with E-state index in [-0.39, 0.29) is 18.0 Å². The highest BCUT2D eigenvalue weighted by Crippen LogP contribution is 2.22. The Balaban J connectivity index is 2.15. The molecule has 0 aliphatic rings. The SMILES string of the molecule is Cc1ccc(F)c(NCc2ccc(O)cn2)c1F. The van der Waals surface area contributed by atoms with Crippen molar-refractivity contribution in [1.29, 1.82) is 0 Å². The van der Waals surface area contributed by atoms with Gasteiger partial charge in [0.1, 0.15) is 17.3 Å². The molecule has 0 unspecified atom stereocenters. The number of hydrogen-bond donors (Lipinski definition) is 2. The number of benzene rings is 1. The number of pyridine rings is 1. The molecule has 0 spiro atoms. The normalized spacial score (nSPS) is 10.4. The minimum atomic E-state index is -0.642. The van der Waals surface area contributed by atoms with Crippen LogP contribution in [0.25, 0.3) is 0 Å². The van der Waals surface area contributed by atoms with Crippen LogP contribution >= 0.6 is 0 Å². The third-order valence-corrected chi connectivity index (χ3v) is 2.54. The zero-order valence-corrected chi connectivity index (χ0v) is 9.74. The number of halogens is 2.